The van der Waals surface area contributed by atoms with Crippen molar-refractivity contribution < 1.29 is 13.5 Å². The molecule has 0 unspecified atom stereocenters. The number of sulfonamides is 1. The fourth-order valence-electron chi connectivity index (χ4n) is 2.12. The molecular weight excluding hydrogens is 292 g/mol. The maximum absolute atomic E-state index is 12.5. The summed E-state index contributed by atoms with van der Waals surface area (Å²) in [4.78, 5) is 4.19. The lowest BCUT2D eigenvalue weighted by atomic mass is 10.4. The Morgan fingerprint density at radius 2 is 2.00 bits per heavy atom. The van der Waals surface area contributed by atoms with Crippen LogP contribution in [0.15, 0.2) is 23.2 Å². The molecule has 0 spiro atoms. The van der Waals surface area contributed by atoms with Gasteiger partial charge < -0.3 is 5.11 Å². The predicted octanol–water partition coefficient (Wildman–Crippen LogP) is 0.996. The van der Waals surface area contributed by atoms with Crippen molar-refractivity contribution in [3.05, 3.63) is 35.4 Å². The van der Waals surface area contributed by atoms with Gasteiger partial charge >= 0.3 is 0 Å². The highest BCUT2D eigenvalue weighted by molar-refractivity contribution is 7.92. The number of aliphatic hydroxyl groups excluding tert-OH is 1. The van der Waals surface area contributed by atoms with Gasteiger partial charge in [0.1, 0.15) is 4.90 Å². The van der Waals surface area contributed by atoms with Crippen molar-refractivity contribution in [3.63, 3.8) is 0 Å². The first-order chi connectivity index (χ1) is 9.85. The number of aromatic nitrogens is 3. The van der Waals surface area contributed by atoms with Crippen molar-refractivity contribution >= 4 is 15.7 Å². The average molecular weight is 310 g/mol. The molecule has 2 aromatic heterocycles. The molecule has 0 radical (unpaired) electrons. The zero-order valence-electron chi connectivity index (χ0n) is 12.2. The number of rotatable bonds is 5. The first kappa shape index (κ1) is 15.5. The molecule has 21 heavy (non-hydrogen) atoms. The van der Waals surface area contributed by atoms with Gasteiger partial charge in [0.15, 0.2) is 0 Å². The highest BCUT2D eigenvalue weighted by Crippen LogP contribution is 2.22. The summed E-state index contributed by atoms with van der Waals surface area (Å²) in [5, 5.41) is 13.1. The Balaban J connectivity index is 2.38. The summed E-state index contributed by atoms with van der Waals surface area (Å²) < 4.78 is 29.0. The highest BCUT2D eigenvalue weighted by Gasteiger charge is 2.24. The molecule has 0 saturated carbocycles. The van der Waals surface area contributed by atoms with Crippen LogP contribution in [0.3, 0.4) is 0 Å². The molecule has 2 heterocycles. The van der Waals surface area contributed by atoms with Crippen LogP contribution in [0.4, 0.5) is 5.69 Å². The monoisotopic (exact) mass is 310 g/mol. The van der Waals surface area contributed by atoms with Gasteiger partial charge in [0.2, 0.25) is 0 Å². The molecule has 0 saturated heterocycles. The second kappa shape index (κ2) is 5.82. The number of nitrogens with one attached hydrogen (secondary N) is 1. The summed E-state index contributed by atoms with van der Waals surface area (Å²) in [6.07, 6.45) is 1.47. The Labute approximate surface area is 123 Å². The Bertz CT molecular complexity index is 736. The summed E-state index contributed by atoms with van der Waals surface area (Å²) in [7, 11) is -3.74. The van der Waals surface area contributed by atoms with Crippen LogP contribution in [0, 0.1) is 20.8 Å². The summed E-state index contributed by atoms with van der Waals surface area (Å²) in [5.41, 5.74) is 2.10. The van der Waals surface area contributed by atoms with E-state index in [0.29, 0.717) is 17.1 Å². The average Bonchev–Trinajstić information content (AvgIpc) is 2.68. The van der Waals surface area contributed by atoms with E-state index in [1.165, 1.54) is 10.9 Å². The van der Waals surface area contributed by atoms with Gasteiger partial charge in [-0.1, -0.05) is 0 Å². The summed E-state index contributed by atoms with van der Waals surface area (Å²) in [6.45, 7) is 5.27. The topological polar surface area (TPSA) is 97.1 Å². The molecule has 114 valence electrons. The van der Waals surface area contributed by atoms with Gasteiger partial charge in [-0.25, -0.2) is 8.42 Å². The van der Waals surface area contributed by atoms with Gasteiger partial charge in [-0.15, -0.1) is 0 Å². The standard InChI is InChI=1S/C13H18N4O3S/c1-9-4-5-12(8-14-9)16-21(19,20)13-10(2)15-17(6-7-18)11(13)3/h4-5,8,16,18H,6-7H2,1-3H3. The molecule has 2 N–H and O–H groups in total. The van der Waals surface area contributed by atoms with Gasteiger partial charge in [0.05, 0.1) is 36.4 Å². The van der Waals surface area contributed by atoms with Crippen LogP contribution in [-0.4, -0.2) is 34.9 Å². The maximum Gasteiger partial charge on any atom is 0.265 e. The molecule has 0 fully saturated rings. The van der Waals surface area contributed by atoms with Gasteiger partial charge in [0, 0.05) is 5.69 Å². The van der Waals surface area contributed by atoms with Crippen molar-refractivity contribution in [1.82, 2.24) is 14.8 Å². The van der Waals surface area contributed by atoms with E-state index < -0.39 is 10.0 Å². The molecule has 0 atom stereocenters. The number of pyridine rings is 1. The van der Waals surface area contributed by atoms with E-state index in [9.17, 15) is 8.42 Å². The second-order valence-corrected chi connectivity index (χ2v) is 6.36. The minimum Gasteiger partial charge on any atom is -0.394 e. The molecule has 0 aliphatic carbocycles. The zero-order valence-corrected chi connectivity index (χ0v) is 13.0. The summed E-state index contributed by atoms with van der Waals surface area (Å²) >= 11 is 0. The second-order valence-electron chi connectivity index (χ2n) is 4.74. The zero-order chi connectivity index (χ0) is 15.6. The molecule has 0 aliphatic rings. The maximum atomic E-state index is 12.5. The molecule has 0 aliphatic heterocycles. The van der Waals surface area contributed by atoms with Crippen molar-refractivity contribution in [2.75, 3.05) is 11.3 Å². The molecule has 8 heteroatoms. The van der Waals surface area contributed by atoms with E-state index in [1.54, 1.807) is 26.0 Å². The highest BCUT2D eigenvalue weighted by atomic mass is 32.2. The normalized spacial score (nSPS) is 11.6. The Morgan fingerprint density at radius 3 is 2.57 bits per heavy atom. The van der Waals surface area contributed by atoms with E-state index in [2.05, 4.69) is 14.8 Å². The summed E-state index contributed by atoms with van der Waals surface area (Å²) in [5.74, 6) is 0. The van der Waals surface area contributed by atoms with Gasteiger partial charge in [-0.3, -0.25) is 14.4 Å². The van der Waals surface area contributed by atoms with E-state index in [-0.39, 0.29) is 18.0 Å². The number of hydrogen-bond donors (Lipinski definition) is 2. The van der Waals surface area contributed by atoms with E-state index in [0.717, 1.165) is 5.69 Å². The number of anilines is 1. The smallest absolute Gasteiger partial charge is 0.265 e. The van der Waals surface area contributed by atoms with Crippen LogP contribution < -0.4 is 4.72 Å². The van der Waals surface area contributed by atoms with Gasteiger partial charge in [0.25, 0.3) is 10.0 Å². The first-order valence-electron chi connectivity index (χ1n) is 6.45. The summed E-state index contributed by atoms with van der Waals surface area (Å²) in [6, 6.07) is 3.38. The van der Waals surface area contributed by atoms with Crippen LogP contribution in [0.1, 0.15) is 17.1 Å². The number of hydrogen-bond acceptors (Lipinski definition) is 5. The fourth-order valence-corrected chi connectivity index (χ4v) is 3.57. The van der Waals surface area contributed by atoms with Gasteiger partial charge in [-0.05, 0) is 32.9 Å². The largest absolute Gasteiger partial charge is 0.394 e. The lowest BCUT2D eigenvalue weighted by Crippen LogP contribution is -2.15. The third-order valence-corrected chi connectivity index (χ3v) is 4.69. The fraction of sp³-hybridized carbons (Fsp3) is 0.385. The predicted molar refractivity (Wildman–Crippen MR) is 78.6 cm³/mol. The number of nitrogens with zero attached hydrogens (tertiary/aromatic N) is 3. The van der Waals surface area contributed by atoms with Crippen LogP contribution in [0.5, 0.6) is 0 Å². The van der Waals surface area contributed by atoms with Crippen molar-refractivity contribution in [3.8, 4) is 0 Å². The van der Waals surface area contributed by atoms with E-state index >= 15 is 0 Å². The Hall–Kier alpha value is -1.93. The van der Waals surface area contributed by atoms with E-state index in [1.807, 2.05) is 6.92 Å². The molecule has 2 rings (SSSR count). The van der Waals surface area contributed by atoms with Crippen LogP contribution >= 0.6 is 0 Å². The lowest BCUT2D eigenvalue weighted by Gasteiger charge is -2.08. The number of aryl methyl sites for hydroxylation is 2. The van der Waals surface area contributed by atoms with Crippen molar-refractivity contribution in [2.45, 2.75) is 32.2 Å². The molecule has 0 aromatic carbocycles. The molecule has 2 aromatic rings. The van der Waals surface area contributed by atoms with Crippen LogP contribution in [0.25, 0.3) is 0 Å². The number of aliphatic hydroxyl groups is 1. The molecule has 7 nitrogen and oxygen atoms in total. The molecular formula is C13H18N4O3S. The Morgan fingerprint density at radius 1 is 1.29 bits per heavy atom. The first-order valence-corrected chi connectivity index (χ1v) is 7.94. The van der Waals surface area contributed by atoms with Gasteiger partial charge in [-0.2, -0.15) is 5.10 Å². The van der Waals surface area contributed by atoms with Crippen LogP contribution in [0.2, 0.25) is 0 Å². The van der Waals surface area contributed by atoms with Crippen molar-refractivity contribution in [2.24, 2.45) is 0 Å². The lowest BCUT2D eigenvalue weighted by molar-refractivity contribution is 0.267. The SMILES string of the molecule is Cc1ccc(NS(=O)(=O)c2c(C)nn(CCO)c2C)cn1. The van der Waals surface area contributed by atoms with E-state index in [4.69, 9.17) is 5.11 Å². The van der Waals surface area contributed by atoms with Crippen molar-refractivity contribution in [1.29, 1.82) is 0 Å². The molecule has 0 bridgehead atoms. The third-order valence-electron chi connectivity index (χ3n) is 3.06. The quantitative estimate of drug-likeness (QED) is 0.858. The Kier molecular flexibility index (Phi) is 4.29. The van der Waals surface area contributed by atoms with Crippen LogP contribution in [-0.2, 0) is 16.6 Å². The minimum absolute atomic E-state index is 0.100. The molecule has 0 amide bonds. The third kappa shape index (κ3) is 3.22. The minimum atomic E-state index is -3.74.